The fraction of sp³-hybridized carbons (Fsp3) is 0.500. The Bertz CT molecular complexity index is 1700. The van der Waals surface area contributed by atoms with Crippen molar-refractivity contribution in [3.05, 3.63) is 94.0 Å². The minimum Gasteiger partial charge on any atom is -0.438 e. The molecule has 0 radical (unpaired) electrons. The van der Waals surface area contributed by atoms with Gasteiger partial charge in [0.2, 0.25) is 0 Å². The summed E-state index contributed by atoms with van der Waals surface area (Å²) in [6.07, 6.45) is 1.17. The van der Waals surface area contributed by atoms with Crippen molar-refractivity contribution in [1.82, 2.24) is 14.2 Å². The lowest BCUT2D eigenvalue weighted by Gasteiger charge is -2.30. The Hall–Kier alpha value is -3.51. The Labute approximate surface area is 288 Å². The average molecular weight is 693 g/mol. The molecular weight excluding hydrogens is 647 g/mol. The number of esters is 1. The van der Waals surface area contributed by atoms with Crippen LogP contribution in [0, 0.1) is 12.3 Å². The van der Waals surface area contributed by atoms with Gasteiger partial charge in [-0.2, -0.15) is 4.98 Å². The predicted molar refractivity (Wildman–Crippen MR) is 184 cm³/mol. The van der Waals surface area contributed by atoms with Gasteiger partial charge in [-0.15, -0.1) is 0 Å². The molecule has 1 N–H and O–H groups in total. The minimum absolute atomic E-state index is 0.138. The van der Waals surface area contributed by atoms with Crippen molar-refractivity contribution in [2.45, 2.75) is 97.0 Å². The summed E-state index contributed by atoms with van der Waals surface area (Å²) in [6, 6.07) is 19.0. The molecule has 13 heteroatoms. The van der Waals surface area contributed by atoms with Crippen LogP contribution < -0.4 is 11.0 Å². The van der Waals surface area contributed by atoms with Crippen molar-refractivity contribution in [2.75, 3.05) is 18.7 Å². The molecule has 3 aliphatic heterocycles. The number of nitrogens with zero attached hydrogens (tertiary/aromatic N) is 3. The van der Waals surface area contributed by atoms with Crippen LogP contribution >= 0.6 is 8.53 Å². The number of nitrogens with one attached hydrogen (secondary N) is 1. The maximum Gasteiger partial charge on any atom is 0.351 e. The summed E-state index contributed by atoms with van der Waals surface area (Å²) in [5, 5.41) is 2.74. The molecule has 0 aliphatic carbocycles. The maximum atomic E-state index is 13.6. The summed E-state index contributed by atoms with van der Waals surface area (Å²) in [5.41, 5.74) is 0.125. The van der Waals surface area contributed by atoms with Crippen molar-refractivity contribution in [3.63, 3.8) is 0 Å². The molecule has 1 unspecified atom stereocenters. The lowest BCUT2D eigenvalue weighted by Crippen LogP contribution is -2.40. The third-order valence-corrected chi connectivity index (χ3v) is 11.2. The number of rotatable bonds is 10. The normalized spacial score (nSPS) is 28.4. The van der Waals surface area contributed by atoms with Crippen molar-refractivity contribution in [1.29, 1.82) is 0 Å². The molecule has 262 valence electrons. The first kappa shape index (κ1) is 35.3. The SMILES string of the molecule is CC[C@H]1O[C@@H](n2cc(C)c(NC(=O)c3ccccc3)nc2=O)C(OCOC(=O)C(C)(C)C)[C@H]1O[P@@]1O[C@](C)(c2ccccc2)[C@@H]2CCCN21. The van der Waals surface area contributed by atoms with E-state index in [1.54, 1.807) is 58.2 Å². The van der Waals surface area contributed by atoms with E-state index in [4.69, 9.17) is 23.3 Å². The molecule has 0 spiro atoms. The molecule has 7 atom stereocenters. The lowest BCUT2D eigenvalue weighted by atomic mass is 9.87. The fourth-order valence-corrected chi connectivity index (χ4v) is 8.73. The van der Waals surface area contributed by atoms with Crippen molar-refractivity contribution in [2.24, 2.45) is 5.41 Å². The predicted octanol–water partition coefficient (Wildman–Crippen LogP) is 6.07. The van der Waals surface area contributed by atoms with Gasteiger partial charge in [-0.3, -0.25) is 14.2 Å². The first-order valence-corrected chi connectivity index (χ1v) is 17.9. The van der Waals surface area contributed by atoms with Crippen LogP contribution in [0.3, 0.4) is 0 Å². The van der Waals surface area contributed by atoms with Crippen LogP contribution in [0.1, 0.15) is 81.6 Å². The third-order valence-electron chi connectivity index (χ3n) is 9.32. The highest BCUT2D eigenvalue weighted by atomic mass is 31.2. The molecule has 1 amide bonds. The van der Waals surface area contributed by atoms with Crippen LogP contribution in [-0.2, 0) is 33.7 Å². The van der Waals surface area contributed by atoms with E-state index in [-0.39, 0.29) is 24.6 Å². The number of carbonyl (C=O) groups is 2. The summed E-state index contributed by atoms with van der Waals surface area (Å²) in [4.78, 5) is 43.3. The van der Waals surface area contributed by atoms with Crippen LogP contribution in [0.4, 0.5) is 5.82 Å². The molecule has 12 nitrogen and oxygen atoms in total. The molecule has 3 fully saturated rings. The number of amides is 1. The van der Waals surface area contributed by atoms with Gasteiger partial charge in [-0.05, 0) is 71.6 Å². The van der Waals surface area contributed by atoms with Gasteiger partial charge in [0.05, 0.1) is 17.6 Å². The summed E-state index contributed by atoms with van der Waals surface area (Å²) in [5.74, 6) is -0.663. The van der Waals surface area contributed by atoms with E-state index >= 15 is 0 Å². The summed E-state index contributed by atoms with van der Waals surface area (Å²) < 4.78 is 35.6. The van der Waals surface area contributed by atoms with Gasteiger partial charge in [0.25, 0.3) is 14.4 Å². The Morgan fingerprint density at radius 3 is 2.45 bits per heavy atom. The number of ether oxygens (including phenoxy) is 3. The van der Waals surface area contributed by atoms with E-state index < -0.39 is 55.7 Å². The number of hydrogen-bond donors (Lipinski definition) is 1. The zero-order valence-corrected chi connectivity index (χ0v) is 29.7. The second-order valence-electron chi connectivity index (χ2n) is 13.9. The summed E-state index contributed by atoms with van der Waals surface area (Å²) in [7, 11) is -1.54. The van der Waals surface area contributed by atoms with E-state index in [9.17, 15) is 14.4 Å². The number of benzene rings is 2. The van der Waals surface area contributed by atoms with Gasteiger partial charge in [0.15, 0.2) is 13.0 Å². The molecule has 1 aromatic heterocycles. The fourth-order valence-electron chi connectivity index (χ4n) is 6.58. The van der Waals surface area contributed by atoms with Gasteiger partial charge >= 0.3 is 11.7 Å². The second kappa shape index (κ2) is 14.4. The van der Waals surface area contributed by atoms with Crippen molar-refractivity contribution < 1.29 is 32.8 Å². The monoisotopic (exact) mass is 692 g/mol. The van der Waals surface area contributed by atoms with Gasteiger partial charge in [0.1, 0.15) is 23.6 Å². The quantitative estimate of drug-likeness (QED) is 0.152. The van der Waals surface area contributed by atoms with E-state index in [0.717, 1.165) is 24.9 Å². The first-order chi connectivity index (χ1) is 23.4. The van der Waals surface area contributed by atoms with Crippen LogP contribution in [0.2, 0.25) is 0 Å². The summed E-state index contributed by atoms with van der Waals surface area (Å²) >= 11 is 0. The molecule has 3 aliphatic rings. The molecule has 6 rings (SSSR count). The Kier molecular flexibility index (Phi) is 10.4. The topological polar surface area (TPSA) is 130 Å². The van der Waals surface area contributed by atoms with Crippen LogP contribution in [0.25, 0.3) is 0 Å². The standard InChI is InChI=1S/C36H45N4O8P/c1-7-26-28(47-49-40-20-14-19-27(40)36(6,48-49)25-17-12-9-13-18-25)29(44-22-45-33(42)35(3,4)5)32(46-26)39-21-23(2)30(38-34(39)43)37-31(41)24-15-10-8-11-16-24/h8-13,15-18,21,26-29,32H,7,14,19-20,22H2,1-6H3,(H,37,38,41,43)/t26-,27+,28+,29?,32-,36-,49+/m1/s1. The van der Waals surface area contributed by atoms with Gasteiger partial charge in [-0.1, -0.05) is 55.5 Å². The van der Waals surface area contributed by atoms with Crippen LogP contribution in [-0.4, -0.2) is 63.8 Å². The number of aromatic nitrogens is 2. The first-order valence-electron chi connectivity index (χ1n) is 16.8. The second-order valence-corrected chi connectivity index (χ2v) is 15.3. The van der Waals surface area contributed by atoms with Gasteiger partial charge in [-0.25, -0.2) is 9.46 Å². The number of fused-ring (bicyclic) bond motifs is 1. The van der Waals surface area contributed by atoms with E-state index in [2.05, 4.69) is 34.0 Å². The van der Waals surface area contributed by atoms with Crippen LogP contribution in [0.5, 0.6) is 0 Å². The smallest absolute Gasteiger partial charge is 0.351 e. The molecule has 2 aromatic carbocycles. The molecule has 4 heterocycles. The van der Waals surface area contributed by atoms with E-state index in [1.165, 1.54) is 4.57 Å². The van der Waals surface area contributed by atoms with Crippen molar-refractivity contribution in [3.8, 4) is 0 Å². The number of hydrogen-bond acceptors (Lipinski definition) is 10. The average Bonchev–Trinajstić information content (AvgIpc) is 3.78. The zero-order chi connectivity index (χ0) is 34.9. The Morgan fingerprint density at radius 1 is 1.08 bits per heavy atom. The number of anilines is 1. The largest absolute Gasteiger partial charge is 0.438 e. The third kappa shape index (κ3) is 7.22. The van der Waals surface area contributed by atoms with Crippen molar-refractivity contribution >= 4 is 26.2 Å². The lowest BCUT2D eigenvalue weighted by molar-refractivity contribution is -0.178. The van der Waals surface area contributed by atoms with Gasteiger partial charge in [0, 0.05) is 23.9 Å². The number of carbonyl (C=O) groups excluding carboxylic acids is 2. The Balaban J connectivity index is 1.29. The summed E-state index contributed by atoms with van der Waals surface area (Å²) in [6.45, 7) is 11.6. The highest BCUT2D eigenvalue weighted by molar-refractivity contribution is 7.45. The zero-order valence-electron chi connectivity index (χ0n) is 28.8. The molecular formula is C36H45N4O8P. The molecule has 49 heavy (non-hydrogen) atoms. The van der Waals surface area contributed by atoms with E-state index in [1.807, 2.05) is 31.2 Å². The molecule has 3 saturated heterocycles. The van der Waals surface area contributed by atoms with Gasteiger partial charge < -0.3 is 28.6 Å². The Morgan fingerprint density at radius 2 is 1.78 bits per heavy atom. The highest BCUT2D eigenvalue weighted by Crippen LogP contribution is 2.64. The molecule has 3 aromatic rings. The van der Waals surface area contributed by atoms with Crippen LogP contribution in [0.15, 0.2) is 71.7 Å². The maximum absolute atomic E-state index is 13.6. The molecule has 0 bridgehead atoms. The number of aryl methyl sites for hydroxylation is 1. The van der Waals surface area contributed by atoms with E-state index in [0.29, 0.717) is 17.5 Å². The molecule has 0 saturated carbocycles. The minimum atomic E-state index is -1.54. The highest BCUT2D eigenvalue weighted by Gasteiger charge is 2.58.